The molecule has 3 rings (SSSR count). The molecule has 2 aromatic heterocycles. The van der Waals surface area contributed by atoms with Crippen molar-refractivity contribution >= 4 is 23.0 Å². The highest BCUT2D eigenvalue weighted by Gasteiger charge is 2.31. The third-order valence-electron chi connectivity index (χ3n) is 4.46. The minimum Gasteiger partial charge on any atom is -0.480 e. The van der Waals surface area contributed by atoms with E-state index in [1.165, 1.54) is 4.90 Å². The first kappa shape index (κ1) is 17.4. The molecule has 7 nitrogen and oxygen atoms in total. The summed E-state index contributed by atoms with van der Waals surface area (Å²) in [5.41, 5.74) is 2.29. The number of hydrogen-bond donors (Lipinski definition) is 1. The molecule has 134 valence electrons. The summed E-state index contributed by atoms with van der Waals surface area (Å²) >= 11 is 0. The molecule has 2 aromatic rings. The molecule has 1 amide bonds. The zero-order chi connectivity index (χ0) is 18.3. The number of carbonyl (C=O) groups is 2. The average Bonchev–Trinajstić information content (AvgIpc) is 3.29. The number of pyridine rings is 1. The largest absolute Gasteiger partial charge is 0.480 e. The maximum Gasteiger partial charge on any atom is 0.323 e. The molecule has 0 atom stereocenters. The van der Waals surface area contributed by atoms with Gasteiger partial charge in [0.2, 0.25) is 0 Å². The van der Waals surface area contributed by atoms with Gasteiger partial charge in [0.25, 0.3) is 11.6 Å². The van der Waals surface area contributed by atoms with E-state index in [2.05, 4.69) is 10.1 Å². The van der Waals surface area contributed by atoms with Crippen LogP contribution < -0.4 is 0 Å². The Hall–Kier alpha value is -2.44. The number of hydrogen-bond acceptors (Lipinski definition) is 5. The number of rotatable bonds is 6. The van der Waals surface area contributed by atoms with Crippen LogP contribution in [0.5, 0.6) is 0 Å². The lowest BCUT2D eigenvalue weighted by atomic mass is 10.0. The van der Waals surface area contributed by atoms with Gasteiger partial charge in [0.1, 0.15) is 6.54 Å². The SMILES string of the molecule is CC(C)c1noc2nc(C3CC3)cc(C(=O)N(CC(=O)O)C(C)C)c12. The van der Waals surface area contributed by atoms with Gasteiger partial charge in [-0.15, -0.1) is 0 Å². The van der Waals surface area contributed by atoms with Crippen LogP contribution in [-0.2, 0) is 4.79 Å². The van der Waals surface area contributed by atoms with Crippen LogP contribution in [0.1, 0.15) is 74.1 Å². The zero-order valence-corrected chi connectivity index (χ0v) is 14.9. The van der Waals surface area contributed by atoms with Gasteiger partial charge < -0.3 is 14.5 Å². The number of aliphatic carboxylic acids is 1. The van der Waals surface area contributed by atoms with Gasteiger partial charge in [0.05, 0.1) is 16.6 Å². The Bertz CT molecular complexity index is 821. The first-order valence-electron chi connectivity index (χ1n) is 8.62. The fourth-order valence-electron chi connectivity index (χ4n) is 2.93. The number of fused-ring (bicyclic) bond motifs is 1. The van der Waals surface area contributed by atoms with Crippen LogP contribution in [0.25, 0.3) is 11.1 Å². The molecule has 0 aromatic carbocycles. The Labute approximate surface area is 146 Å². The van der Waals surface area contributed by atoms with Crippen molar-refractivity contribution in [3.63, 3.8) is 0 Å². The van der Waals surface area contributed by atoms with Gasteiger partial charge in [-0.3, -0.25) is 9.59 Å². The number of carboxylic acid groups (broad SMARTS) is 1. The Balaban J connectivity index is 2.15. The highest BCUT2D eigenvalue weighted by molar-refractivity contribution is 6.07. The third-order valence-corrected chi connectivity index (χ3v) is 4.46. The summed E-state index contributed by atoms with van der Waals surface area (Å²) in [4.78, 5) is 30.2. The smallest absolute Gasteiger partial charge is 0.323 e. The number of amides is 1. The predicted octanol–water partition coefficient (Wildman–Crippen LogP) is 3.16. The van der Waals surface area contributed by atoms with Gasteiger partial charge in [-0.25, -0.2) is 4.98 Å². The second-order valence-electron chi connectivity index (χ2n) is 7.19. The van der Waals surface area contributed by atoms with E-state index in [0.717, 1.165) is 18.5 Å². The fourth-order valence-corrected chi connectivity index (χ4v) is 2.93. The van der Waals surface area contributed by atoms with Crippen molar-refractivity contribution in [2.24, 2.45) is 0 Å². The van der Waals surface area contributed by atoms with E-state index < -0.39 is 5.97 Å². The summed E-state index contributed by atoms with van der Waals surface area (Å²) in [5, 5.41) is 13.9. The summed E-state index contributed by atoms with van der Waals surface area (Å²) in [6, 6.07) is 1.56. The maximum atomic E-state index is 13.2. The van der Waals surface area contributed by atoms with Crippen LogP contribution in [0.4, 0.5) is 0 Å². The Morgan fingerprint density at radius 3 is 2.52 bits per heavy atom. The van der Waals surface area contributed by atoms with Crippen molar-refractivity contribution in [1.82, 2.24) is 15.0 Å². The standard InChI is InChI=1S/C18H23N3O4/c1-9(2)16-15-12(18(24)21(10(3)4)8-14(22)23)7-13(11-5-6-11)19-17(15)25-20-16/h7,9-11H,5-6,8H2,1-4H3,(H,22,23). The number of carboxylic acids is 1. The van der Waals surface area contributed by atoms with E-state index in [0.29, 0.717) is 28.3 Å². The lowest BCUT2D eigenvalue weighted by molar-refractivity contribution is -0.138. The van der Waals surface area contributed by atoms with Crippen LogP contribution in [0.2, 0.25) is 0 Å². The Morgan fingerprint density at radius 1 is 1.32 bits per heavy atom. The summed E-state index contributed by atoms with van der Waals surface area (Å²) in [6.45, 7) is 7.20. The summed E-state index contributed by atoms with van der Waals surface area (Å²) in [5.74, 6) is -0.954. The number of aromatic nitrogens is 2. The zero-order valence-electron chi connectivity index (χ0n) is 14.9. The van der Waals surface area contributed by atoms with E-state index in [1.807, 2.05) is 13.8 Å². The molecular formula is C18H23N3O4. The molecule has 2 heterocycles. The normalized spacial score (nSPS) is 14.5. The van der Waals surface area contributed by atoms with Crippen LogP contribution >= 0.6 is 0 Å². The Kier molecular flexibility index (Phi) is 4.49. The summed E-state index contributed by atoms with van der Waals surface area (Å²) < 4.78 is 5.39. The molecule has 0 radical (unpaired) electrons. The molecule has 0 bridgehead atoms. The van der Waals surface area contributed by atoms with Crippen molar-refractivity contribution < 1.29 is 19.2 Å². The highest BCUT2D eigenvalue weighted by Crippen LogP contribution is 2.41. The van der Waals surface area contributed by atoms with Gasteiger partial charge in [0, 0.05) is 17.7 Å². The first-order chi connectivity index (χ1) is 11.8. The van der Waals surface area contributed by atoms with Crippen LogP contribution in [-0.4, -0.2) is 44.6 Å². The molecule has 1 fully saturated rings. The predicted molar refractivity (Wildman–Crippen MR) is 91.7 cm³/mol. The Morgan fingerprint density at radius 2 is 2.00 bits per heavy atom. The maximum absolute atomic E-state index is 13.2. The molecule has 1 aliphatic rings. The number of nitrogens with zero attached hydrogens (tertiary/aromatic N) is 3. The summed E-state index contributed by atoms with van der Waals surface area (Å²) in [7, 11) is 0. The van der Waals surface area contributed by atoms with E-state index >= 15 is 0 Å². The minimum absolute atomic E-state index is 0.0633. The topological polar surface area (TPSA) is 96.5 Å². The molecule has 1 aliphatic carbocycles. The molecule has 1 saturated carbocycles. The van der Waals surface area contributed by atoms with E-state index in [1.54, 1.807) is 19.9 Å². The lowest BCUT2D eigenvalue weighted by Gasteiger charge is -2.25. The van der Waals surface area contributed by atoms with Crippen molar-refractivity contribution in [3.8, 4) is 0 Å². The van der Waals surface area contributed by atoms with Gasteiger partial charge in [0.15, 0.2) is 0 Å². The van der Waals surface area contributed by atoms with E-state index in [9.17, 15) is 9.59 Å². The molecule has 1 N–H and O–H groups in total. The van der Waals surface area contributed by atoms with Crippen molar-refractivity contribution in [2.45, 2.75) is 58.4 Å². The quantitative estimate of drug-likeness (QED) is 0.864. The second-order valence-corrected chi connectivity index (χ2v) is 7.19. The average molecular weight is 345 g/mol. The van der Waals surface area contributed by atoms with Gasteiger partial charge in [-0.1, -0.05) is 19.0 Å². The molecule has 0 unspecified atom stereocenters. The summed E-state index contributed by atoms with van der Waals surface area (Å²) in [6.07, 6.45) is 2.08. The molecule has 25 heavy (non-hydrogen) atoms. The molecular weight excluding hydrogens is 322 g/mol. The van der Waals surface area contributed by atoms with Crippen molar-refractivity contribution in [3.05, 3.63) is 23.0 Å². The van der Waals surface area contributed by atoms with Gasteiger partial charge >= 0.3 is 5.97 Å². The second kappa shape index (κ2) is 6.46. The molecule has 7 heteroatoms. The highest BCUT2D eigenvalue weighted by atomic mass is 16.5. The minimum atomic E-state index is -1.04. The van der Waals surface area contributed by atoms with Crippen molar-refractivity contribution in [1.29, 1.82) is 0 Å². The first-order valence-corrected chi connectivity index (χ1v) is 8.62. The molecule has 0 spiro atoms. The van der Waals surface area contributed by atoms with Crippen LogP contribution in [0, 0.1) is 0 Å². The van der Waals surface area contributed by atoms with Crippen molar-refractivity contribution in [2.75, 3.05) is 6.54 Å². The van der Waals surface area contributed by atoms with Crippen LogP contribution in [0.15, 0.2) is 10.6 Å². The van der Waals surface area contributed by atoms with E-state index in [-0.39, 0.29) is 24.4 Å². The molecule has 0 aliphatic heterocycles. The van der Waals surface area contributed by atoms with Gasteiger partial charge in [-0.05, 0) is 38.7 Å². The van der Waals surface area contributed by atoms with Crippen LogP contribution in [0.3, 0.4) is 0 Å². The molecule has 0 saturated heterocycles. The van der Waals surface area contributed by atoms with Gasteiger partial charge in [-0.2, -0.15) is 0 Å². The third kappa shape index (κ3) is 3.36. The lowest BCUT2D eigenvalue weighted by Crippen LogP contribution is -2.40. The fraction of sp³-hybridized carbons (Fsp3) is 0.556. The monoisotopic (exact) mass is 345 g/mol. The van der Waals surface area contributed by atoms with E-state index in [4.69, 9.17) is 9.63 Å². The number of carbonyl (C=O) groups excluding carboxylic acids is 1.